The molecular weight excluding hydrogens is 216 g/mol. The summed E-state index contributed by atoms with van der Waals surface area (Å²) in [5.74, 6) is 0.261. The summed E-state index contributed by atoms with van der Waals surface area (Å²) in [5, 5.41) is 5.78. The van der Waals surface area contributed by atoms with Gasteiger partial charge in [0.05, 0.1) is 11.7 Å². The normalized spacial score (nSPS) is 26.5. The molecular formula is C9H18N2O3S. The number of carbonyl (C=O) groups is 1. The average Bonchev–Trinajstić information content (AvgIpc) is 2.48. The first-order chi connectivity index (χ1) is 6.90. The van der Waals surface area contributed by atoms with Crippen molar-refractivity contribution in [3.63, 3.8) is 0 Å². The molecule has 0 unspecified atom stereocenters. The van der Waals surface area contributed by atoms with E-state index in [1.807, 2.05) is 6.92 Å². The Balaban J connectivity index is 2.30. The van der Waals surface area contributed by atoms with Gasteiger partial charge in [-0.3, -0.25) is 4.79 Å². The molecule has 0 aliphatic carbocycles. The van der Waals surface area contributed by atoms with Gasteiger partial charge < -0.3 is 10.6 Å². The molecule has 1 fully saturated rings. The summed E-state index contributed by atoms with van der Waals surface area (Å²) >= 11 is 0. The molecule has 0 aromatic carbocycles. The molecule has 0 saturated carbocycles. The van der Waals surface area contributed by atoms with E-state index in [1.165, 1.54) is 6.26 Å². The Hall–Kier alpha value is -0.620. The van der Waals surface area contributed by atoms with Gasteiger partial charge in [0.25, 0.3) is 0 Å². The van der Waals surface area contributed by atoms with Crippen LogP contribution in [0, 0.1) is 11.8 Å². The van der Waals surface area contributed by atoms with Gasteiger partial charge in [-0.2, -0.15) is 0 Å². The first-order valence-electron chi connectivity index (χ1n) is 5.06. The molecule has 1 aliphatic rings. The quantitative estimate of drug-likeness (QED) is 0.654. The van der Waals surface area contributed by atoms with E-state index in [9.17, 15) is 13.2 Å². The fraction of sp³-hybridized carbons (Fsp3) is 0.889. The van der Waals surface area contributed by atoms with E-state index >= 15 is 0 Å². The van der Waals surface area contributed by atoms with Gasteiger partial charge in [-0.15, -0.1) is 0 Å². The molecule has 1 rings (SSSR count). The average molecular weight is 234 g/mol. The van der Waals surface area contributed by atoms with E-state index < -0.39 is 9.84 Å². The van der Waals surface area contributed by atoms with Crippen LogP contribution < -0.4 is 10.6 Å². The highest BCUT2D eigenvalue weighted by Crippen LogP contribution is 2.15. The van der Waals surface area contributed by atoms with Crippen LogP contribution in [-0.4, -0.2) is 46.0 Å². The van der Waals surface area contributed by atoms with E-state index in [1.54, 1.807) is 0 Å². The zero-order valence-corrected chi connectivity index (χ0v) is 9.93. The Kier molecular flexibility index (Phi) is 4.10. The second-order valence-electron chi connectivity index (χ2n) is 4.16. The minimum Gasteiger partial charge on any atom is -0.355 e. The fourth-order valence-electron chi connectivity index (χ4n) is 1.65. The van der Waals surface area contributed by atoms with Crippen LogP contribution in [0.5, 0.6) is 0 Å². The largest absolute Gasteiger partial charge is 0.355 e. The van der Waals surface area contributed by atoms with Gasteiger partial charge in [0, 0.05) is 19.3 Å². The number of hydrogen-bond acceptors (Lipinski definition) is 4. The standard InChI is InChI=1S/C9H18N2O3S/c1-7-5-10-6-8(7)9(12)11-3-4-15(2,13)14/h7-8,10H,3-6H2,1-2H3,(H,11,12)/t7-,8-/m1/s1. The van der Waals surface area contributed by atoms with Crippen molar-refractivity contribution in [1.29, 1.82) is 0 Å². The Bertz CT molecular complexity index is 326. The lowest BCUT2D eigenvalue weighted by Gasteiger charge is -2.13. The van der Waals surface area contributed by atoms with Crippen LogP contribution in [0.25, 0.3) is 0 Å². The number of nitrogens with one attached hydrogen (secondary N) is 2. The van der Waals surface area contributed by atoms with Gasteiger partial charge in [-0.05, 0) is 12.5 Å². The molecule has 2 atom stereocenters. The maximum Gasteiger partial charge on any atom is 0.224 e. The van der Waals surface area contributed by atoms with Gasteiger partial charge >= 0.3 is 0 Å². The lowest BCUT2D eigenvalue weighted by atomic mass is 9.97. The highest BCUT2D eigenvalue weighted by Gasteiger charge is 2.29. The van der Waals surface area contributed by atoms with Crippen molar-refractivity contribution in [3.05, 3.63) is 0 Å². The third-order valence-corrected chi connectivity index (χ3v) is 3.57. The summed E-state index contributed by atoms with van der Waals surface area (Å²) in [6, 6.07) is 0. The summed E-state index contributed by atoms with van der Waals surface area (Å²) in [6.45, 7) is 3.76. The van der Waals surface area contributed by atoms with E-state index in [4.69, 9.17) is 0 Å². The maximum atomic E-state index is 11.6. The van der Waals surface area contributed by atoms with Crippen LogP contribution in [0.4, 0.5) is 0 Å². The van der Waals surface area contributed by atoms with Crippen LogP contribution in [-0.2, 0) is 14.6 Å². The number of amides is 1. The molecule has 1 saturated heterocycles. The Morgan fingerprint density at radius 1 is 1.47 bits per heavy atom. The summed E-state index contributed by atoms with van der Waals surface area (Å²) in [7, 11) is -2.99. The molecule has 1 aliphatic heterocycles. The molecule has 2 N–H and O–H groups in total. The fourth-order valence-corrected chi connectivity index (χ4v) is 2.12. The predicted molar refractivity (Wildman–Crippen MR) is 58.2 cm³/mol. The van der Waals surface area contributed by atoms with E-state index in [-0.39, 0.29) is 24.1 Å². The SMILES string of the molecule is C[C@@H]1CNC[C@H]1C(=O)NCCS(C)(=O)=O. The Labute approximate surface area is 90.5 Å². The second-order valence-corrected chi connectivity index (χ2v) is 6.42. The maximum absolute atomic E-state index is 11.6. The molecule has 6 heteroatoms. The van der Waals surface area contributed by atoms with Crippen molar-refractivity contribution in [1.82, 2.24) is 10.6 Å². The summed E-state index contributed by atoms with van der Waals surface area (Å²) < 4.78 is 21.7. The Morgan fingerprint density at radius 3 is 2.60 bits per heavy atom. The van der Waals surface area contributed by atoms with E-state index in [0.29, 0.717) is 12.5 Å². The van der Waals surface area contributed by atoms with Gasteiger partial charge in [0.2, 0.25) is 5.91 Å². The zero-order chi connectivity index (χ0) is 11.5. The van der Waals surface area contributed by atoms with Gasteiger partial charge in [0.15, 0.2) is 0 Å². The molecule has 0 radical (unpaired) electrons. The molecule has 15 heavy (non-hydrogen) atoms. The van der Waals surface area contributed by atoms with Crippen molar-refractivity contribution >= 4 is 15.7 Å². The zero-order valence-electron chi connectivity index (χ0n) is 9.12. The minimum atomic E-state index is -2.99. The molecule has 1 amide bonds. The molecule has 88 valence electrons. The molecule has 0 aromatic heterocycles. The van der Waals surface area contributed by atoms with E-state index in [2.05, 4.69) is 10.6 Å². The van der Waals surface area contributed by atoms with Gasteiger partial charge in [0.1, 0.15) is 9.84 Å². The predicted octanol–water partition coefficient (Wildman–Crippen LogP) is -0.997. The van der Waals surface area contributed by atoms with Crippen molar-refractivity contribution in [2.45, 2.75) is 6.92 Å². The monoisotopic (exact) mass is 234 g/mol. The third kappa shape index (κ3) is 4.17. The summed E-state index contributed by atoms with van der Waals surface area (Å²) in [6.07, 6.45) is 1.17. The van der Waals surface area contributed by atoms with Gasteiger partial charge in [-0.1, -0.05) is 6.92 Å². The van der Waals surface area contributed by atoms with Crippen molar-refractivity contribution in [2.75, 3.05) is 31.6 Å². The van der Waals surface area contributed by atoms with Crippen LogP contribution >= 0.6 is 0 Å². The smallest absolute Gasteiger partial charge is 0.224 e. The molecule has 0 aromatic rings. The Morgan fingerprint density at radius 2 is 2.13 bits per heavy atom. The first kappa shape index (κ1) is 12.4. The number of hydrogen-bond donors (Lipinski definition) is 2. The lowest BCUT2D eigenvalue weighted by Crippen LogP contribution is -2.36. The number of carbonyl (C=O) groups excluding carboxylic acids is 1. The topological polar surface area (TPSA) is 75.3 Å². The van der Waals surface area contributed by atoms with E-state index in [0.717, 1.165) is 6.54 Å². The molecule has 1 heterocycles. The third-order valence-electron chi connectivity index (χ3n) is 2.63. The van der Waals surface area contributed by atoms with Crippen molar-refractivity contribution in [2.24, 2.45) is 11.8 Å². The second kappa shape index (κ2) is 4.94. The number of rotatable bonds is 4. The molecule has 0 spiro atoms. The van der Waals surface area contributed by atoms with Crippen LogP contribution in [0.1, 0.15) is 6.92 Å². The van der Waals surface area contributed by atoms with Crippen LogP contribution in [0.15, 0.2) is 0 Å². The number of sulfone groups is 1. The molecule has 5 nitrogen and oxygen atoms in total. The lowest BCUT2D eigenvalue weighted by molar-refractivity contribution is -0.125. The van der Waals surface area contributed by atoms with Crippen molar-refractivity contribution in [3.8, 4) is 0 Å². The van der Waals surface area contributed by atoms with Crippen LogP contribution in [0.3, 0.4) is 0 Å². The first-order valence-corrected chi connectivity index (χ1v) is 7.12. The van der Waals surface area contributed by atoms with Crippen molar-refractivity contribution < 1.29 is 13.2 Å². The summed E-state index contributed by atoms with van der Waals surface area (Å²) in [4.78, 5) is 11.6. The van der Waals surface area contributed by atoms with Crippen LogP contribution in [0.2, 0.25) is 0 Å². The minimum absolute atomic E-state index is 0.00721. The molecule has 0 bridgehead atoms. The summed E-state index contributed by atoms with van der Waals surface area (Å²) in [5.41, 5.74) is 0. The highest BCUT2D eigenvalue weighted by atomic mass is 32.2. The van der Waals surface area contributed by atoms with Gasteiger partial charge in [-0.25, -0.2) is 8.42 Å². The highest BCUT2D eigenvalue weighted by molar-refractivity contribution is 7.90.